The van der Waals surface area contributed by atoms with Crippen LogP contribution in [0.25, 0.3) is 0 Å². The van der Waals surface area contributed by atoms with Gasteiger partial charge in [0, 0.05) is 31.3 Å². The fourth-order valence-corrected chi connectivity index (χ4v) is 2.45. The molecule has 3 N–H and O–H groups in total. The van der Waals surface area contributed by atoms with Crippen LogP contribution in [0, 0.1) is 0 Å². The number of carbonyl (C=O) groups excluding carboxylic acids is 1. The molecular weight excluding hydrogens is 282 g/mol. The summed E-state index contributed by atoms with van der Waals surface area (Å²) in [6.07, 6.45) is 4.35. The molecule has 2 aliphatic rings. The second-order valence-electron chi connectivity index (χ2n) is 6.41. The van der Waals surface area contributed by atoms with Crippen LogP contribution >= 0.6 is 0 Å². The third-order valence-electron chi connectivity index (χ3n) is 3.52. The van der Waals surface area contributed by atoms with E-state index in [-0.39, 0.29) is 6.09 Å². The Morgan fingerprint density at radius 3 is 2.68 bits per heavy atom. The molecule has 0 aliphatic carbocycles. The van der Waals surface area contributed by atoms with Crippen LogP contribution in [0.15, 0.2) is 34.9 Å². The molecular formula is C16H25N3O3. The van der Waals surface area contributed by atoms with E-state index in [4.69, 9.17) is 15.2 Å². The molecule has 0 spiro atoms. The van der Waals surface area contributed by atoms with E-state index >= 15 is 0 Å². The molecule has 0 saturated heterocycles. The van der Waals surface area contributed by atoms with Gasteiger partial charge < -0.3 is 25.4 Å². The second kappa shape index (κ2) is 6.34. The number of methoxy groups -OCH3 is 1. The van der Waals surface area contributed by atoms with Crippen molar-refractivity contribution < 1.29 is 14.3 Å². The zero-order valence-corrected chi connectivity index (χ0v) is 13.7. The Morgan fingerprint density at radius 1 is 1.41 bits per heavy atom. The van der Waals surface area contributed by atoms with Crippen molar-refractivity contribution in [2.75, 3.05) is 26.7 Å². The summed E-state index contributed by atoms with van der Waals surface area (Å²) in [5.74, 6) is 1.39. The minimum atomic E-state index is -0.470. The van der Waals surface area contributed by atoms with Crippen LogP contribution in [0.3, 0.4) is 0 Å². The van der Waals surface area contributed by atoms with Crippen LogP contribution in [0.1, 0.15) is 27.2 Å². The first-order valence-electron chi connectivity index (χ1n) is 7.45. The van der Waals surface area contributed by atoms with Crippen molar-refractivity contribution >= 4 is 6.09 Å². The molecule has 0 aromatic heterocycles. The molecule has 1 amide bonds. The molecule has 6 nitrogen and oxygen atoms in total. The number of dihydropyridines is 1. The number of hydrogen-bond acceptors (Lipinski definition) is 5. The molecule has 22 heavy (non-hydrogen) atoms. The van der Waals surface area contributed by atoms with Gasteiger partial charge in [0.1, 0.15) is 11.4 Å². The van der Waals surface area contributed by atoms with Gasteiger partial charge in [0.25, 0.3) is 0 Å². The van der Waals surface area contributed by atoms with Crippen molar-refractivity contribution in [1.82, 2.24) is 10.2 Å². The number of nitrogens with one attached hydrogen (secondary N) is 1. The maximum Gasteiger partial charge on any atom is 0.410 e. The van der Waals surface area contributed by atoms with Crippen LogP contribution in [-0.4, -0.2) is 43.3 Å². The summed E-state index contributed by atoms with van der Waals surface area (Å²) in [6.45, 7) is 7.44. The lowest BCUT2D eigenvalue weighted by atomic mass is 9.96. The molecule has 0 aromatic carbocycles. The molecule has 0 atom stereocenters. The quantitative estimate of drug-likeness (QED) is 0.814. The minimum Gasteiger partial charge on any atom is -0.496 e. The Balaban J connectivity index is 2.07. The Hall–Kier alpha value is -2.11. The van der Waals surface area contributed by atoms with Gasteiger partial charge in [0.15, 0.2) is 0 Å². The van der Waals surface area contributed by atoms with Crippen molar-refractivity contribution in [3.8, 4) is 0 Å². The predicted octanol–water partition coefficient (Wildman–Crippen LogP) is 1.86. The number of nitrogens with zero attached hydrogens (tertiary/aromatic N) is 1. The molecule has 2 rings (SSSR count). The maximum atomic E-state index is 12.1. The number of hydrogen-bond donors (Lipinski definition) is 2. The topological polar surface area (TPSA) is 76.8 Å². The highest BCUT2D eigenvalue weighted by molar-refractivity contribution is 5.68. The smallest absolute Gasteiger partial charge is 0.410 e. The summed E-state index contributed by atoms with van der Waals surface area (Å²) >= 11 is 0. The van der Waals surface area contributed by atoms with Gasteiger partial charge >= 0.3 is 6.09 Å². The minimum absolute atomic E-state index is 0.269. The van der Waals surface area contributed by atoms with E-state index in [0.29, 0.717) is 25.5 Å². The first-order valence-corrected chi connectivity index (χ1v) is 7.45. The van der Waals surface area contributed by atoms with Crippen LogP contribution < -0.4 is 11.1 Å². The van der Waals surface area contributed by atoms with E-state index in [1.165, 1.54) is 5.57 Å². The molecule has 0 saturated carbocycles. The summed E-state index contributed by atoms with van der Waals surface area (Å²) in [5, 5.41) is 3.11. The average Bonchev–Trinajstić information content (AvgIpc) is 2.45. The van der Waals surface area contributed by atoms with Crippen molar-refractivity contribution in [2.45, 2.75) is 32.8 Å². The zero-order chi connectivity index (χ0) is 16.3. The normalized spacial score (nSPS) is 19.2. The number of ether oxygens (including phenoxy) is 2. The van der Waals surface area contributed by atoms with Gasteiger partial charge in [-0.15, -0.1) is 0 Å². The molecule has 0 fully saturated rings. The van der Waals surface area contributed by atoms with Gasteiger partial charge in [0.05, 0.1) is 12.9 Å². The number of allylic oxidation sites excluding steroid dienone is 1. The highest BCUT2D eigenvalue weighted by Crippen LogP contribution is 2.25. The van der Waals surface area contributed by atoms with Gasteiger partial charge in [-0.25, -0.2) is 4.79 Å². The Morgan fingerprint density at radius 2 is 2.14 bits per heavy atom. The SMILES string of the molecule is COC1=C(C2=CCN(C(=O)OC(C)(C)C)CC2)CNC(N)=C1. The average molecular weight is 307 g/mol. The second-order valence-corrected chi connectivity index (χ2v) is 6.41. The van der Waals surface area contributed by atoms with E-state index in [2.05, 4.69) is 11.4 Å². The lowest BCUT2D eigenvalue weighted by Gasteiger charge is -2.31. The zero-order valence-electron chi connectivity index (χ0n) is 13.7. The standard InChI is InChI=1S/C16H25N3O3/c1-16(2,3)22-15(20)19-7-5-11(6-8-19)12-10-18-14(17)9-13(12)21-4/h5,9,18H,6-8,10,17H2,1-4H3. The Bertz CT molecular complexity index is 541. The van der Waals surface area contributed by atoms with Crippen molar-refractivity contribution in [2.24, 2.45) is 5.73 Å². The predicted molar refractivity (Wildman–Crippen MR) is 84.8 cm³/mol. The van der Waals surface area contributed by atoms with Crippen LogP contribution in [-0.2, 0) is 9.47 Å². The first kappa shape index (κ1) is 16.3. The van der Waals surface area contributed by atoms with Gasteiger partial charge in [-0.05, 0) is 32.8 Å². The molecule has 6 heteroatoms. The fraction of sp³-hybridized carbons (Fsp3) is 0.562. The lowest BCUT2D eigenvalue weighted by molar-refractivity contribution is 0.0266. The Labute approximate surface area is 131 Å². The van der Waals surface area contributed by atoms with E-state index in [9.17, 15) is 4.79 Å². The third kappa shape index (κ3) is 3.96. The summed E-state index contributed by atoms with van der Waals surface area (Å²) in [7, 11) is 1.64. The van der Waals surface area contributed by atoms with Crippen LogP contribution in [0.4, 0.5) is 4.79 Å². The summed E-state index contributed by atoms with van der Waals surface area (Å²) in [6, 6.07) is 0. The molecule has 2 aliphatic heterocycles. The monoisotopic (exact) mass is 307 g/mol. The molecule has 0 radical (unpaired) electrons. The summed E-state index contributed by atoms with van der Waals surface area (Å²) in [5.41, 5.74) is 7.58. The Kier molecular flexibility index (Phi) is 4.68. The molecule has 0 bridgehead atoms. The summed E-state index contributed by atoms with van der Waals surface area (Å²) in [4.78, 5) is 13.8. The van der Waals surface area contributed by atoms with E-state index in [0.717, 1.165) is 17.8 Å². The van der Waals surface area contributed by atoms with Crippen molar-refractivity contribution in [3.63, 3.8) is 0 Å². The van der Waals surface area contributed by atoms with Gasteiger partial charge in [0.2, 0.25) is 0 Å². The fourth-order valence-electron chi connectivity index (χ4n) is 2.45. The van der Waals surface area contributed by atoms with E-state index in [1.807, 2.05) is 20.8 Å². The highest BCUT2D eigenvalue weighted by Gasteiger charge is 2.25. The number of nitrogens with two attached hydrogens (primary N) is 1. The van der Waals surface area contributed by atoms with Crippen LogP contribution in [0.2, 0.25) is 0 Å². The first-order chi connectivity index (χ1) is 10.3. The number of rotatable bonds is 2. The van der Waals surface area contributed by atoms with Gasteiger partial charge in [-0.3, -0.25) is 0 Å². The van der Waals surface area contributed by atoms with E-state index < -0.39 is 5.60 Å². The maximum absolute atomic E-state index is 12.1. The van der Waals surface area contributed by atoms with Crippen molar-refractivity contribution in [3.05, 3.63) is 34.9 Å². The van der Waals surface area contributed by atoms with E-state index in [1.54, 1.807) is 18.1 Å². The molecule has 0 unspecified atom stereocenters. The van der Waals surface area contributed by atoms with Gasteiger partial charge in [-0.1, -0.05) is 6.08 Å². The highest BCUT2D eigenvalue weighted by atomic mass is 16.6. The lowest BCUT2D eigenvalue weighted by Crippen LogP contribution is -2.39. The number of carbonyl (C=O) groups is 1. The number of amides is 1. The molecule has 122 valence electrons. The molecule has 2 heterocycles. The summed E-state index contributed by atoms with van der Waals surface area (Å²) < 4.78 is 10.8. The molecule has 0 aromatic rings. The third-order valence-corrected chi connectivity index (χ3v) is 3.52. The van der Waals surface area contributed by atoms with Gasteiger partial charge in [-0.2, -0.15) is 0 Å². The largest absolute Gasteiger partial charge is 0.496 e. The van der Waals surface area contributed by atoms with Crippen molar-refractivity contribution in [1.29, 1.82) is 0 Å². The van der Waals surface area contributed by atoms with Crippen LogP contribution in [0.5, 0.6) is 0 Å².